The van der Waals surface area contributed by atoms with Crippen LogP contribution < -0.4 is 20.9 Å². The Morgan fingerprint density at radius 3 is 2.64 bits per heavy atom. The molecule has 0 radical (unpaired) electrons. The normalized spacial score (nSPS) is 16.7. The quantitative estimate of drug-likeness (QED) is 0.545. The van der Waals surface area contributed by atoms with Crippen LogP contribution in [0.4, 0.5) is 0 Å². The Morgan fingerprint density at radius 2 is 2.00 bits per heavy atom. The first-order valence-corrected chi connectivity index (χ1v) is 8.62. The van der Waals surface area contributed by atoms with E-state index in [1.807, 2.05) is 24.3 Å². The number of carbonyl (C=O) groups is 2. The maximum Gasteiger partial charge on any atom is 0.243 e. The Morgan fingerprint density at radius 1 is 1.28 bits per heavy atom. The monoisotopic (exact) mass is 364 g/mol. The van der Waals surface area contributed by atoms with Crippen molar-refractivity contribution >= 4 is 29.1 Å². The molecule has 136 valence electrons. The molecule has 8 heteroatoms. The van der Waals surface area contributed by atoms with Crippen LogP contribution in [0.2, 0.25) is 0 Å². The summed E-state index contributed by atoms with van der Waals surface area (Å²) in [6.45, 7) is 3.23. The molecule has 0 bridgehead atoms. The van der Waals surface area contributed by atoms with E-state index in [0.717, 1.165) is 24.2 Å². The second-order valence-corrected chi connectivity index (χ2v) is 6.36. The molecule has 1 saturated heterocycles. The first kappa shape index (κ1) is 19.0. The maximum absolute atomic E-state index is 12.2. The van der Waals surface area contributed by atoms with E-state index in [4.69, 9.17) is 17.0 Å². The number of amides is 2. The Labute approximate surface area is 153 Å². The summed E-state index contributed by atoms with van der Waals surface area (Å²) >= 11 is 5.16. The molecule has 0 spiro atoms. The van der Waals surface area contributed by atoms with Gasteiger partial charge in [0.1, 0.15) is 5.75 Å². The van der Waals surface area contributed by atoms with E-state index in [1.54, 1.807) is 12.0 Å². The van der Waals surface area contributed by atoms with Crippen molar-refractivity contribution in [2.45, 2.75) is 26.3 Å². The van der Waals surface area contributed by atoms with Gasteiger partial charge in [-0.3, -0.25) is 20.4 Å². The number of thiocarbonyl (C=S) groups is 1. The number of methoxy groups -OCH3 is 1. The third-order valence-corrected chi connectivity index (χ3v) is 4.40. The van der Waals surface area contributed by atoms with Gasteiger partial charge < -0.3 is 15.0 Å². The van der Waals surface area contributed by atoms with E-state index in [1.165, 1.54) is 6.92 Å². The van der Waals surface area contributed by atoms with Gasteiger partial charge in [-0.25, -0.2) is 0 Å². The number of rotatable bonds is 4. The molecule has 1 atom stereocenters. The van der Waals surface area contributed by atoms with E-state index < -0.39 is 0 Å². The molecule has 3 N–H and O–H groups in total. The lowest BCUT2D eigenvalue weighted by molar-refractivity contribution is -0.134. The van der Waals surface area contributed by atoms with Gasteiger partial charge in [-0.1, -0.05) is 12.1 Å². The number of benzene rings is 1. The molecule has 1 aromatic rings. The molecule has 1 aliphatic rings. The minimum atomic E-state index is -0.213. The van der Waals surface area contributed by atoms with E-state index in [-0.39, 0.29) is 17.7 Å². The number of hydrogen-bond acceptors (Lipinski definition) is 4. The Hall–Kier alpha value is -2.35. The smallest absolute Gasteiger partial charge is 0.243 e. The Kier molecular flexibility index (Phi) is 7.00. The van der Waals surface area contributed by atoms with Crippen LogP contribution in [0, 0.1) is 5.92 Å². The highest BCUT2D eigenvalue weighted by Gasteiger charge is 2.26. The molecule has 2 rings (SSSR count). The molecular weight excluding hydrogens is 340 g/mol. The minimum absolute atomic E-state index is 0.00198. The molecule has 25 heavy (non-hydrogen) atoms. The van der Waals surface area contributed by atoms with Gasteiger partial charge in [-0.15, -0.1) is 0 Å². The summed E-state index contributed by atoms with van der Waals surface area (Å²) in [6.07, 6.45) is 1.60. The third kappa shape index (κ3) is 5.90. The van der Waals surface area contributed by atoms with Gasteiger partial charge in [-0.05, 0) is 42.8 Å². The Balaban J connectivity index is 1.71. The molecule has 1 aromatic carbocycles. The zero-order chi connectivity index (χ0) is 18.2. The predicted molar refractivity (Wildman–Crippen MR) is 98.7 cm³/mol. The molecule has 0 unspecified atom stereocenters. The van der Waals surface area contributed by atoms with Gasteiger partial charge in [0.05, 0.1) is 13.0 Å². The van der Waals surface area contributed by atoms with Crippen molar-refractivity contribution in [2.75, 3.05) is 20.2 Å². The number of piperidine rings is 1. The molecular formula is C17H24N4O3S. The van der Waals surface area contributed by atoms with E-state index in [2.05, 4.69) is 16.2 Å². The third-order valence-electron chi connectivity index (χ3n) is 4.15. The molecule has 2 amide bonds. The van der Waals surface area contributed by atoms with Crippen molar-refractivity contribution in [2.24, 2.45) is 5.92 Å². The highest BCUT2D eigenvalue weighted by atomic mass is 32.1. The maximum atomic E-state index is 12.2. The van der Waals surface area contributed by atoms with Gasteiger partial charge in [-0.2, -0.15) is 0 Å². The summed E-state index contributed by atoms with van der Waals surface area (Å²) in [4.78, 5) is 25.3. The number of likely N-dealkylation sites (tertiary alicyclic amines) is 1. The fourth-order valence-corrected chi connectivity index (χ4v) is 2.79. The van der Waals surface area contributed by atoms with Crippen LogP contribution in [0.1, 0.15) is 25.3 Å². The summed E-state index contributed by atoms with van der Waals surface area (Å²) in [7, 11) is 1.62. The highest BCUT2D eigenvalue weighted by molar-refractivity contribution is 7.80. The first-order chi connectivity index (χ1) is 12.0. The van der Waals surface area contributed by atoms with Crippen LogP contribution >= 0.6 is 12.2 Å². The van der Waals surface area contributed by atoms with Crippen molar-refractivity contribution in [3.05, 3.63) is 29.8 Å². The molecule has 7 nitrogen and oxygen atoms in total. The molecule has 1 heterocycles. The Bertz CT molecular complexity index is 621. The lowest BCUT2D eigenvalue weighted by Gasteiger charge is -2.31. The summed E-state index contributed by atoms with van der Waals surface area (Å²) < 4.78 is 5.11. The van der Waals surface area contributed by atoms with Crippen molar-refractivity contribution in [3.8, 4) is 5.75 Å². The average Bonchev–Trinajstić information content (AvgIpc) is 2.64. The molecule has 1 fully saturated rings. The summed E-state index contributed by atoms with van der Waals surface area (Å²) in [5, 5.41) is 3.36. The number of carbonyl (C=O) groups excluding carboxylic acids is 2. The van der Waals surface area contributed by atoms with Crippen molar-refractivity contribution < 1.29 is 14.3 Å². The zero-order valence-electron chi connectivity index (χ0n) is 14.5. The fourth-order valence-electron chi connectivity index (χ4n) is 2.67. The van der Waals surface area contributed by atoms with Gasteiger partial charge in [0.2, 0.25) is 11.8 Å². The average molecular weight is 364 g/mol. The van der Waals surface area contributed by atoms with Crippen LogP contribution in [0.3, 0.4) is 0 Å². The van der Waals surface area contributed by atoms with Crippen molar-refractivity contribution in [3.63, 3.8) is 0 Å². The van der Waals surface area contributed by atoms with Gasteiger partial charge >= 0.3 is 0 Å². The SMILES string of the molecule is COc1ccc(CNC(=S)NNC(=O)[C@H]2CCCN(C(C)=O)C2)cc1. The van der Waals surface area contributed by atoms with Crippen LogP contribution in [0.25, 0.3) is 0 Å². The first-order valence-electron chi connectivity index (χ1n) is 8.21. The van der Waals surface area contributed by atoms with Gasteiger partial charge in [0, 0.05) is 26.6 Å². The molecule has 0 saturated carbocycles. The largest absolute Gasteiger partial charge is 0.497 e. The highest BCUT2D eigenvalue weighted by Crippen LogP contribution is 2.16. The number of nitrogens with zero attached hydrogens (tertiary/aromatic N) is 1. The fraction of sp³-hybridized carbons (Fsp3) is 0.471. The lowest BCUT2D eigenvalue weighted by Crippen LogP contribution is -2.51. The topological polar surface area (TPSA) is 82.7 Å². The molecule has 1 aliphatic heterocycles. The minimum Gasteiger partial charge on any atom is -0.497 e. The van der Waals surface area contributed by atoms with E-state index in [0.29, 0.717) is 24.7 Å². The zero-order valence-corrected chi connectivity index (χ0v) is 15.3. The van der Waals surface area contributed by atoms with Crippen molar-refractivity contribution in [1.29, 1.82) is 0 Å². The number of ether oxygens (including phenoxy) is 1. The summed E-state index contributed by atoms with van der Waals surface area (Å²) in [6, 6.07) is 7.62. The number of nitrogens with one attached hydrogen (secondary N) is 3. The summed E-state index contributed by atoms with van der Waals surface area (Å²) in [5.74, 6) is 0.431. The van der Waals surface area contributed by atoms with Gasteiger partial charge in [0.25, 0.3) is 0 Å². The van der Waals surface area contributed by atoms with Crippen LogP contribution in [0.5, 0.6) is 5.75 Å². The predicted octanol–water partition coefficient (Wildman–Crippen LogP) is 0.949. The number of hydrogen-bond donors (Lipinski definition) is 3. The van der Waals surface area contributed by atoms with Gasteiger partial charge in [0.15, 0.2) is 5.11 Å². The molecule has 0 aliphatic carbocycles. The van der Waals surface area contributed by atoms with E-state index in [9.17, 15) is 9.59 Å². The molecule has 0 aromatic heterocycles. The van der Waals surface area contributed by atoms with Crippen LogP contribution in [-0.2, 0) is 16.1 Å². The second-order valence-electron chi connectivity index (χ2n) is 5.95. The van der Waals surface area contributed by atoms with Crippen LogP contribution in [-0.4, -0.2) is 42.0 Å². The summed E-state index contributed by atoms with van der Waals surface area (Å²) in [5.41, 5.74) is 6.37. The number of hydrazine groups is 1. The van der Waals surface area contributed by atoms with Crippen molar-refractivity contribution in [1.82, 2.24) is 21.1 Å². The second kappa shape index (κ2) is 9.22. The van der Waals surface area contributed by atoms with Crippen LogP contribution in [0.15, 0.2) is 24.3 Å². The standard InChI is InChI=1S/C17H24N4O3S/c1-12(22)21-9-3-4-14(11-21)16(23)19-20-17(25)18-10-13-5-7-15(24-2)8-6-13/h5-8,14H,3-4,9-11H2,1-2H3,(H,19,23)(H2,18,20,25)/t14-/m0/s1. The van der Waals surface area contributed by atoms with E-state index >= 15 is 0 Å². The lowest BCUT2D eigenvalue weighted by atomic mass is 9.97.